The molecular weight excluding hydrogens is 304 g/mol. The average Bonchev–Trinajstić information content (AvgIpc) is 3.01. The first-order chi connectivity index (χ1) is 9.49. The van der Waals surface area contributed by atoms with Gasteiger partial charge in [-0.3, -0.25) is 19.2 Å². The highest BCUT2D eigenvalue weighted by molar-refractivity contribution is 8.26. The lowest BCUT2D eigenvalue weighted by Gasteiger charge is -2.12. The van der Waals surface area contributed by atoms with Crippen LogP contribution in [0.15, 0.2) is 9.81 Å². The summed E-state index contributed by atoms with van der Waals surface area (Å²) in [5, 5.41) is -1.61. The summed E-state index contributed by atoms with van der Waals surface area (Å²) in [6.07, 6.45) is 0.370. The molecule has 1 aliphatic heterocycles. The smallest absolute Gasteiger partial charge is 0.320 e. The molecule has 2 aliphatic rings. The minimum atomic E-state index is -0.804. The van der Waals surface area contributed by atoms with Gasteiger partial charge in [0, 0.05) is 12.8 Å². The Labute approximate surface area is 123 Å². The lowest BCUT2D eigenvalue weighted by Crippen LogP contribution is -2.33. The molecule has 1 saturated heterocycles. The van der Waals surface area contributed by atoms with Crippen molar-refractivity contribution in [2.75, 3.05) is 14.2 Å². The van der Waals surface area contributed by atoms with Crippen LogP contribution in [0.1, 0.15) is 12.8 Å². The summed E-state index contributed by atoms with van der Waals surface area (Å²) in [5.41, 5.74) is 0.111. The van der Waals surface area contributed by atoms with Crippen LogP contribution >= 0.6 is 23.5 Å². The van der Waals surface area contributed by atoms with Gasteiger partial charge in [-0.2, -0.15) is 0 Å². The summed E-state index contributed by atoms with van der Waals surface area (Å²) >= 11 is 2.05. The Kier molecular flexibility index (Phi) is 4.54. The number of Topliss-reactive ketones (excluding diaryl/α,β-unsaturated/α-hetero) is 2. The van der Waals surface area contributed by atoms with Gasteiger partial charge >= 0.3 is 11.9 Å². The van der Waals surface area contributed by atoms with Gasteiger partial charge in [-0.05, 0) is 0 Å². The van der Waals surface area contributed by atoms with E-state index in [1.807, 2.05) is 0 Å². The Morgan fingerprint density at radius 3 is 1.70 bits per heavy atom. The first-order valence-electron chi connectivity index (χ1n) is 5.79. The number of ketones is 2. The largest absolute Gasteiger partial charge is 0.468 e. The molecule has 2 rings (SSSR count). The van der Waals surface area contributed by atoms with Gasteiger partial charge in [0.15, 0.2) is 11.6 Å². The van der Waals surface area contributed by atoms with Crippen LogP contribution in [0.2, 0.25) is 0 Å². The number of allylic oxidation sites excluding steroid dienone is 1. The predicted octanol–water partition coefficient (Wildman–Crippen LogP) is 0.693. The Morgan fingerprint density at radius 2 is 1.35 bits per heavy atom. The fraction of sp³-hybridized carbons (Fsp3) is 0.500. The van der Waals surface area contributed by atoms with Crippen molar-refractivity contribution in [3.05, 3.63) is 9.81 Å². The molecule has 0 N–H and O–H groups in total. The van der Waals surface area contributed by atoms with E-state index in [-0.39, 0.29) is 30.0 Å². The first kappa shape index (κ1) is 15.1. The highest BCUT2D eigenvalue weighted by Gasteiger charge is 2.46. The van der Waals surface area contributed by atoms with Gasteiger partial charge in [0.2, 0.25) is 0 Å². The van der Waals surface area contributed by atoms with E-state index in [1.54, 1.807) is 0 Å². The second-order valence-corrected chi connectivity index (χ2v) is 6.69. The van der Waals surface area contributed by atoms with Crippen LogP contribution in [-0.2, 0) is 28.7 Å². The fourth-order valence-corrected chi connectivity index (χ4v) is 5.12. The van der Waals surface area contributed by atoms with E-state index in [0.29, 0.717) is 4.24 Å². The highest BCUT2D eigenvalue weighted by atomic mass is 32.2. The highest BCUT2D eigenvalue weighted by Crippen LogP contribution is 2.50. The number of hydrogen-bond donors (Lipinski definition) is 0. The third-order valence-electron chi connectivity index (χ3n) is 2.95. The van der Waals surface area contributed by atoms with E-state index >= 15 is 0 Å². The molecule has 0 aromatic heterocycles. The monoisotopic (exact) mass is 316 g/mol. The molecule has 0 spiro atoms. The number of hydrogen-bond acceptors (Lipinski definition) is 8. The van der Waals surface area contributed by atoms with Crippen molar-refractivity contribution >= 4 is 47.0 Å². The van der Waals surface area contributed by atoms with Crippen molar-refractivity contribution in [2.45, 2.75) is 23.3 Å². The van der Waals surface area contributed by atoms with Crippen LogP contribution in [0.4, 0.5) is 0 Å². The summed E-state index contributed by atoms with van der Waals surface area (Å²) in [7, 11) is 2.44. The molecular formula is C12H12O6S2. The van der Waals surface area contributed by atoms with Gasteiger partial charge in [-0.25, -0.2) is 0 Å². The summed E-state index contributed by atoms with van der Waals surface area (Å²) in [4.78, 5) is 46.9. The predicted molar refractivity (Wildman–Crippen MR) is 73.1 cm³/mol. The van der Waals surface area contributed by atoms with Crippen molar-refractivity contribution in [1.29, 1.82) is 0 Å². The lowest BCUT2D eigenvalue weighted by molar-refractivity contribution is -0.145. The molecule has 20 heavy (non-hydrogen) atoms. The van der Waals surface area contributed by atoms with Gasteiger partial charge in [0.25, 0.3) is 0 Å². The van der Waals surface area contributed by atoms with Gasteiger partial charge in [0.1, 0.15) is 10.5 Å². The maximum atomic E-state index is 11.7. The summed E-state index contributed by atoms with van der Waals surface area (Å²) in [6.45, 7) is 0. The van der Waals surface area contributed by atoms with Crippen LogP contribution < -0.4 is 0 Å². The zero-order valence-corrected chi connectivity index (χ0v) is 12.5. The van der Waals surface area contributed by atoms with Crippen LogP contribution in [0, 0.1) is 0 Å². The normalized spacial score (nSPS) is 26.1. The van der Waals surface area contributed by atoms with E-state index in [2.05, 4.69) is 9.47 Å². The van der Waals surface area contributed by atoms with Crippen LogP contribution in [0.25, 0.3) is 0 Å². The number of rotatable bonds is 2. The van der Waals surface area contributed by atoms with Gasteiger partial charge in [-0.15, -0.1) is 23.5 Å². The molecule has 1 aliphatic carbocycles. The topological polar surface area (TPSA) is 86.7 Å². The number of ether oxygens (including phenoxy) is 2. The molecule has 0 aromatic carbocycles. The zero-order chi connectivity index (χ0) is 14.9. The molecule has 1 saturated carbocycles. The number of carbonyl (C=O) groups is 4. The van der Waals surface area contributed by atoms with Crippen molar-refractivity contribution < 1.29 is 28.7 Å². The van der Waals surface area contributed by atoms with E-state index < -0.39 is 22.4 Å². The molecule has 0 amide bonds. The second-order valence-electron chi connectivity index (χ2n) is 4.13. The summed E-state index contributed by atoms with van der Waals surface area (Å²) < 4.78 is 9.72. The fourth-order valence-electron chi connectivity index (χ4n) is 1.94. The molecule has 0 bridgehead atoms. The second kappa shape index (κ2) is 6.01. The molecule has 6 nitrogen and oxygen atoms in total. The number of thioether (sulfide) groups is 2. The van der Waals surface area contributed by atoms with E-state index in [4.69, 9.17) is 0 Å². The Hall–Kier alpha value is -1.28. The Balaban J connectivity index is 2.35. The molecule has 108 valence electrons. The molecule has 1 heterocycles. The first-order valence-corrected chi connectivity index (χ1v) is 7.55. The zero-order valence-electron chi connectivity index (χ0n) is 10.8. The Bertz CT molecular complexity index is 480. The molecule has 0 radical (unpaired) electrons. The number of carbonyl (C=O) groups excluding carboxylic acids is 4. The molecule has 2 atom stereocenters. The van der Waals surface area contributed by atoms with Crippen LogP contribution in [0.3, 0.4) is 0 Å². The maximum absolute atomic E-state index is 11.7. The van der Waals surface area contributed by atoms with E-state index in [0.717, 1.165) is 23.5 Å². The standard InChI is InChI=1S/C12H12O6S2/c1-17-10(15)8-9(11(16)18-2)20-12(19-8)7-5(13)3-4-6(7)14/h8-9H,3-4H2,1-2H3/t8-,9-/m0/s1. The van der Waals surface area contributed by atoms with Gasteiger partial charge in [-0.1, -0.05) is 0 Å². The third kappa shape index (κ3) is 2.62. The van der Waals surface area contributed by atoms with Crippen LogP contribution in [-0.4, -0.2) is 48.2 Å². The maximum Gasteiger partial charge on any atom is 0.320 e. The van der Waals surface area contributed by atoms with Crippen molar-refractivity contribution in [1.82, 2.24) is 0 Å². The van der Waals surface area contributed by atoms with E-state index in [9.17, 15) is 19.2 Å². The van der Waals surface area contributed by atoms with Crippen molar-refractivity contribution in [2.24, 2.45) is 0 Å². The molecule has 2 fully saturated rings. The summed E-state index contributed by atoms with van der Waals surface area (Å²) in [6, 6.07) is 0. The van der Waals surface area contributed by atoms with Crippen molar-refractivity contribution in [3.8, 4) is 0 Å². The number of methoxy groups -OCH3 is 2. The SMILES string of the molecule is COC(=O)[C@H]1SC(=C2C(=O)CCC2=O)S[C@@H]1C(=O)OC. The quantitative estimate of drug-likeness (QED) is 0.418. The van der Waals surface area contributed by atoms with Gasteiger partial charge in [0.05, 0.1) is 24.0 Å². The lowest BCUT2D eigenvalue weighted by atomic mass is 10.2. The molecule has 0 unspecified atom stereocenters. The summed E-state index contributed by atoms with van der Waals surface area (Å²) in [5.74, 6) is -1.63. The van der Waals surface area contributed by atoms with Gasteiger partial charge < -0.3 is 9.47 Å². The van der Waals surface area contributed by atoms with E-state index in [1.165, 1.54) is 14.2 Å². The average molecular weight is 316 g/mol. The number of esters is 2. The minimum Gasteiger partial charge on any atom is -0.468 e. The third-order valence-corrected chi connectivity index (χ3v) is 5.97. The van der Waals surface area contributed by atoms with Crippen LogP contribution in [0.5, 0.6) is 0 Å². The van der Waals surface area contributed by atoms with Crippen molar-refractivity contribution in [3.63, 3.8) is 0 Å². The molecule has 8 heteroatoms. The minimum absolute atomic E-state index is 0.111. The Morgan fingerprint density at radius 1 is 0.950 bits per heavy atom. The molecule has 0 aromatic rings.